The summed E-state index contributed by atoms with van der Waals surface area (Å²) >= 11 is 5.95. The molecular weight excluding hydrogens is 349 g/mol. The smallest absolute Gasteiger partial charge is 0.395 e. The van der Waals surface area contributed by atoms with Crippen molar-refractivity contribution >= 4 is 17.5 Å². The van der Waals surface area contributed by atoms with E-state index in [0.29, 0.717) is 5.82 Å². The Morgan fingerprint density at radius 3 is 2.75 bits per heavy atom. The first kappa shape index (κ1) is 16.6. The minimum absolute atomic E-state index is 0.0100. The number of amides is 1. The van der Waals surface area contributed by atoms with Gasteiger partial charge in [-0.25, -0.2) is 9.67 Å². The largest absolute Gasteiger partial charge is 0.473 e. The first-order valence-corrected chi connectivity index (χ1v) is 7.35. The fraction of sp³-hybridized carbons (Fsp3) is 0.357. The van der Waals surface area contributed by atoms with E-state index in [0.717, 1.165) is 0 Å². The molecule has 2 atom stereocenters. The lowest BCUT2D eigenvalue weighted by molar-refractivity contribution is -0.153. The van der Waals surface area contributed by atoms with Crippen molar-refractivity contribution in [3.05, 3.63) is 35.1 Å². The molecule has 6 nitrogen and oxygen atoms in total. The molecule has 0 radical (unpaired) electrons. The minimum Gasteiger partial charge on any atom is -0.473 e. The van der Waals surface area contributed by atoms with Gasteiger partial charge in [0.2, 0.25) is 5.88 Å². The molecular formula is C14H12ClF3N4O2. The van der Waals surface area contributed by atoms with Crippen molar-refractivity contribution in [3.8, 4) is 11.7 Å². The Bertz CT molecular complexity index is 778. The van der Waals surface area contributed by atoms with E-state index in [2.05, 4.69) is 15.4 Å². The monoisotopic (exact) mass is 360 g/mol. The van der Waals surface area contributed by atoms with Crippen LogP contribution >= 0.6 is 11.6 Å². The maximum atomic E-state index is 12.5. The molecule has 24 heavy (non-hydrogen) atoms. The number of ether oxygens (including phenoxy) is 1. The summed E-state index contributed by atoms with van der Waals surface area (Å²) in [5.74, 6) is -1.44. The molecule has 0 spiro atoms. The van der Waals surface area contributed by atoms with Gasteiger partial charge in [-0.05, 0) is 18.6 Å². The number of hydrogen-bond acceptors (Lipinski definition) is 4. The van der Waals surface area contributed by atoms with E-state index in [-0.39, 0.29) is 28.9 Å². The van der Waals surface area contributed by atoms with E-state index in [4.69, 9.17) is 16.3 Å². The highest BCUT2D eigenvalue weighted by molar-refractivity contribution is 6.32. The van der Waals surface area contributed by atoms with Gasteiger partial charge in [0.25, 0.3) is 5.91 Å². The minimum atomic E-state index is -4.25. The Balaban J connectivity index is 1.72. The molecule has 10 heteroatoms. The maximum absolute atomic E-state index is 12.5. The van der Waals surface area contributed by atoms with Crippen LogP contribution in [0.3, 0.4) is 0 Å². The average molecular weight is 361 g/mol. The summed E-state index contributed by atoms with van der Waals surface area (Å²) in [6.07, 6.45) is -3.74. The first-order chi connectivity index (χ1) is 11.3. The SMILES string of the molecule is CNC(=O)c1ccc(-n2ccc(O[C@@H]3C[C@H]3C(F)(F)F)n2)nc1Cl. The molecule has 2 aromatic heterocycles. The standard InChI is InChI=1S/C14H12ClF3N4O2/c1-19-13(23)7-2-3-10(20-12(7)15)22-5-4-11(21-22)24-9-6-8(9)14(16,17)18/h2-5,8-9H,6H2,1H3,(H,19,23)/t8-,9-/m1/s1. The molecule has 1 aliphatic rings. The van der Waals surface area contributed by atoms with Gasteiger partial charge in [0.05, 0.1) is 11.5 Å². The van der Waals surface area contributed by atoms with E-state index < -0.39 is 18.2 Å². The highest BCUT2D eigenvalue weighted by atomic mass is 35.5. The lowest BCUT2D eigenvalue weighted by Crippen LogP contribution is -2.19. The number of hydrogen-bond donors (Lipinski definition) is 1. The Labute approximate surface area is 139 Å². The maximum Gasteiger partial charge on any atom is 0.395 e. The van der Waals surface area contributed by atoms with Crippen LogP contribution in [-0.2, 0) is 0 Å². The number of rotatable bonds is 4. The third kappa shape index (κ3) is 3.30. The van der Waals surface area contributed by atoms with Crippen LogP contribution < -0.4 is 10.1 Å². The predicted octanol–water partition coefficient (Wildman–Crippen LogP) is 2.61. The van der Waals surface area contributed by atoms with E-state index in [1.54, 1.807) is 0 Å². The number of nitrogens with zero attached hydrogens (tertiary/aromatic N) is 3. The summed E-state index contributed by atoms with van der Waals surface area (Å²) in [5, 5.41) is 6.44. The molecule has 1 N–H and O–H groups in total. The third-order valence-electron chi connectivity index (χ3n) is 3.53. The Hall–Kier alpha value is -2.29. The van der Waals surface area contributed by atoms with Crippen molar-refractivity contribution in [1.82, 2.24) is 20.1 Å². The summed E-state index contributed by atoms with van der Waals surface area (Å²) in [6, 6.07) is 4.43. The van der Waals surface area contributed by atoms with Crippen molar-refractivity contribution in [2.45, 2.75) is 18.7 Å². The van der Waals surface area contributed by atoms with Crippen LogP contribution in [0, 0.1) is 5.92 Å². The van der Waals surface area contributed by atoms with E-state index in [9.17, 15) is 18.0 Å². The molecule has 0 bridgehead atoms. The van der Waals surface area contributed by atoms with Crippen LogP contribution in [0.25, 0.3) is 5.82 Å². The molecule has 1 aliphatic carbocycles. The summed E-state index contributed by atoms with van der Waals surface area (Å²) in [6.45, 7) is 0. The van der Waals surface area contributed by atoms with E-state index in [1.165, 1.54) is 36.1 Å². The highest BCUT2D eigenvalue weighted by Gasteiger charge is 2.57. The van der Waals surface area contributed by atoms with Gasteiger partial charge in [-0.15, -0.1) is 5.10 Å². The number of nitrogens with one attached hydrogen (secondary N) is 1. The number of halogens is 4. The number of alkyl halides is 3. The van der Waals surface area contributed by atoms with Crippen LogP contribution in [0.2, 0.25) is 5.15 Å². The number of carbonyl (C=O) groups is 1. The van der Waals surface area contributed by atoms with E-state index >= 15 is 0 Å². The van der Waals surface area contributed by atoms with Gasteiger partial charge >= 0.3 is 6.18 Å². The predicted molar refractivity (Wildman–Crippen MR) is 78.3 cm³/mol. The van der Waals surface area contributed by atoms with Crippen LogP contribution in [0.4, 0.5) is 13.2 Å². The molecule has 0 aromatic carbocycles. The molecule has 2 aromatic rings. The molecule has 1 fully saturated rings. The van der Waals surface area contributed by atoms with Gasteiger partial charge in [-0.1, -0.05) is 11.6 Å². The van der Waals surface area contributed by atoms with E-state index in [1.807, 2.05) is 0 Å². The zero-order valence-corrected chi connectivity index (χ0v) is 13.1. The topological polar surface area (TPSA) is 69.0 Å². The first-order valence-electron chi connectivity index (χ1n) is 6.97. The molecule has 0 saturated heterocycles. The molecule has 2 heterocycles. The van der Waals surface area contributed by atoms with Crippen LogP contribution in [0.1, 0.15) is 16.8 Å². The van der Waals surface area contributed by atoms with Gasteiger partial charge in [-0.2, -0.15) is 13.2 Å². The second kappa shape index (κ2) is 5.97. The van der Waals surface area contributed by atoms with Gasteiger partial charge in [0, 0.05) is 19.3 Å². The van der Waals surface area contributed by atoms with Crippen LogP contribution in [0.5, 0.6) is 5.88 Å². The fourth-order valence-electron chi connectivity index (χ4n) is 2.16. The summed E-state index contributed by atoms with van der Waals surface area (Å²) in [7, 11) is 1.47. The molecule has 128 valence electrons. The molecule has 0 unspecified atom stereocenters. The Morgan fingerprint density at radius 2 is 2.17 bits per heavy atom. The van der Waals surface area contributed by atoms with Crippen LogP contribution in [-0.4, -0.2) is 40.0 Å². The Morgan fingerprint density at radius 1 is 1.42 bits per heavy atom. The average Bonchev–Trinajstić information content (AvgIpc) is 3.15. The summed E-state index contributed by atoms with van der Waals surface area (Å²) in [4.78, 5) is 15.6. The second-order valence-electron chi connectivity index (χ2n) is 5.23. The van der Waals surface area contributed by atoms with Crippen molar-refractivity contribution in [1.29, 1.82) is 0 Å². The van der Waals surface area contributed by atoms with Crippen molar-refractivity contribution in [2.75, 3.05) is 7.05 Å². The van der Waals surface area contributed by atoms with Gasteiger partial charge < -0.3 is 10.1 Å². The molecule has 3 rings (SSSR count). The lowest BCUT2D eigenvalue weighted by atomic mass is 10.2. The zero-order chi connectivity index (χ0) is 17.5. The normalized spacial score (nSPS) is 19.9. The number of pyridine rings is 1. The van der Waals surface area contributed by atoms with Crippen molar-refractivity contribution in [2.24, 2.45) is 5.92 Å². The fourth-order valence-corrected chi connectivity index (χ4v) is 2.39. The van der Waals surface area contributed by atoms with Crippen LogP contribution in [0.15, 0.2) is 24.4 Å². The quantitative estimate of drug-likeness (QED) is 0.851. The molecule has 1 amide bonds. The Kier molecular flexibility index (Phi) is 4.12. The number of aromatic nitrogens is 3. The van der Waals surface area contributed by atoms with Gasteiger partial charge in [-0.3, -0.25) is 4.79 Å². The molecule has 1 saturated carbocycles. The van der Waals surface area contributed by atoms with Gasteiger partial charge in [0.15, 0.2) is 5.82 Å². The zero-order valence-electron chi connectivity index (χ0n) is 12.3. The highest BCUT2D eigenvalue weighted by Crippen LogP contribution is 2.46. The van der Waals surface area contributed by atoms with Crippen molar-refractivity contribution < 1.29 is 22.7 Å². The van der Waals surface area contributed by atoms with Crippen molar-refractivity contribution in [3.63, 3.8) is 0 Å². The van der Waals surface area contributed by atoms with Gasteiger partial charge in [0.1, 0.15) is 11.3 Å². The summed E-state index contributed by atoms with van der Waals surface area (Å²) in [5.41, 5.74) is 0.206. The third-order valence-corrected chi connectivity index (χ3v) is 3.82. The lowest BCUT2D eigenvalue weighted by Gasteiger charge is -2.06. The summed E-state index contributed by atoms with van der Waals surface area (Å²) < 4.78 is 43.9. The number of carbonyl (C=O) groups excluding carboxylic acids is 1. The molecule has 0 aliphatic heterocycles. The second-order valence-corrected chi connectivity index (χ2v) is 5.58.